The largest absolute Gasteiger partial charge is 0.457 e. The minimum atomic E-state index is 0.820. The van der Waals surface area contributed by atoms with Gasteiger partial charge in [0.1, 0.15) is 11.5 Å². The maximum absolute atomic E-state index is 6.13. The molecule has 0 saturated carbocycles. The van der Waals surface area contributed by atoms with Crippen LogP contribution in [-0.4, -0.2) is 0 Å². The van der Waals surface area contributed by atoms with Crippen LogP contribution in [0.5, 0.6) is 11.5 Å². The molecule has 0 atom stereocenters. The highest BCUT2D eigenvalue weighted by atomic mass is 16.5. The molecule has 5 aromatic rings. The number of nitrogens with one attached hydrogen (secondary N) is 1. The van der Waals surface area contributed by atoms with Gasteiger partial charge in [-0.3, -0.25) is 0 Å². The molecular formula is C26H19NO. The third kappa shape index (κ3) is 3.28. The lowest BCUT2D eigenvalue weighted by Gasteiger charge is -2.11. The molecular weight excluding hydrogens is 342 g/mol. The van der Waals surface area contributed by atoms with Crippen molar-refractivity contribution in [3.05, 3.63) is 109 Å². The maximum Gasteiger partial charge on any atom is 0.135 e. The van der Waals surface area contributed by atoms with Gasteiger partial charge < -0.3 is 10.1 Å². The molecule has 0 spiro atoms. The summed E-state index contributed by atoms with van der Waals surface area (Å²) < 4.78 is 6.13. The molecule has 0 unspecified atom stereocenters. The van der Waals surface area contributed by atoms with Crippen molar-refractivity contribution in [1.29, 1.82) is 0 Å². The number of ether oxygens (including phenoxy) is 1. The molecule has 0 radical (unpaired) electrons. The number of rotatable bonds is 4. The summed E-state index contributed by atoms with van der Waals surface area (Å²) >= 11 is 0. The zero-order chi connectivity index (χ0) is 18.8. The summed E-state index contributed by atoms with van der Waals surface area (Å²) in [6.07, 6.45) is 0. The minimum Gasteiger partial charge on any atom is -0.457 e. The van der Waals surface area contributed by atoms with Gasteiger partial charge in [-0.1, -0.05) is 66.7 Å². The monoisotopic (exact) mass is 361 g/mol. The van der Waals surface area contributed by atoms with Crippen LogP contribution < -0.4 is 10.1 Å². The topological polar surface area (TPSA) is 21.3 Å². The van der Waals surface area contributed by atoms with Gasteiger partial charge in [0.15, 0.2) is 0 Å². The first kappa shape index (κ1) is 16.4. The molecule has 0 aromatic heterocycles. The molecule has 5 aromatic carbocycles. The van der Waals surface area contributed by atoms with Gasteiger partial charge in [0, 0.05) is 16.8 Å². The van der Waals surface area contributed by atoms with E-state index in [0.29, 0.717) is 0 Å². The third-order valence-electron chi connectivity index (χ3n) is 4.87. The Balaban J connectivity index is 1.36. The molecule has 0 aliphatic rings. The first-order valence-electron chi connectivity index (χ1n) is 9.37. The Bertz CT molecular complexity index is 1250. The fraction of sp³-hybridized carbons (Fsp3) is 0. The maximum atomic E-state index is 6.13. The van der Waals surface area contributed by atoms with Crippen LogP contribution >= 0.6 is 0 Å². The number of hydrogen-bond donors (Lipinski definition) is 1. The third-order valence-corrected chi connectivity index (χ3v) is 4.87. The Morgan fingerprint density at radius 3 is 2.04 bits per heavy atom. The molecule has 1 N–H and O–H groups in total. The lowest BCUT2D eigenvalue weighted by atomic mass is 10.1. The molecule has 0 heterocycles. The summed E-state index contributed by atoms with van der Waals surface area (Å²) in [6, 6.07) is 37.2. The number of anilines is 2. The Hall–Kier alpha value is -3.78. The van der Waals surface area contributed by atoms with Crippen LogP contribution in [0.1, 0.15) is 0 Å². The smallest absolute Gasteiger partial charge is 0.135 e. The van der Waals surface area contributed by atoms with E-state index in [1.165, 1.54) is 16.2 Å². The summed E-state index contributed by atoms with van der Waals surface area (Å²) in [4.78, 5) is 0. The lowest BCUT2D eigenvalue weighted by Crippen LogP contribution is -1.91. The molecule has 5 rings (SSSR count). The molecule has 0 amide bonds. The van der Waals surface area contributed by atoms with Gasteiger partial charge in [-0.25, -0.2) is 0 Å². The molecule has 134 valence electrons. The van der Waals surface area contributed by atoms with Gasteiger partial charge in [0.2, 0.25) is 0 Å². The first-order chi connectivity index (χ1) is 13.8. The second-order valence-corrected chi connectivity index (χ2v) is 6.79. The Morgan fingerprint density at radius 2 is 1.18 bits per heavy atom. The van der Waals surface area contributed by atoms with Crippen LogP contribution in [-0.2, 0) is 0 Å². The van der Waals surface area contributed by atoms with E-state index in [1.807, 2.05) is 48.5 Å². The van der Waals surface area contributed by atoms with Crippen LogP contribution in [0, 0.1) is 0 Å². The Kier molecular flexibility index (Phi) is 4.15. The predicted molar refractivity (Wildman–Crippen MR) is 118 cm³/mol. The summed E-state index contributed by atoms with van der Waals surface area (Å²) in [5.74, 6) is 1.69. The zero-order valence-electron chi connectivity index (χ0n) is 15.3. The summed E-state index contributed by atoms with van der Waals surface area (Å²) in [5.41, 5.74) is 2.10. The first-order valence-corrected chi connectivity index (χ1v) is 9.37. The van der Waals surface area contributed by atoms with E-state index in [2.05, 4.69) is 66.0 Å². The van der Waals surface area contributed by atoms with Gasteiger partial charge in [0.05, 0.1) is 0 Å². The second-order valence-electron chi connectivity index (χ2n) is 6.79. The molecule has 0 aliphatic carbocycles. The fourth-order valence-electron chi connectivity index (χ4n) is 3.45. The number of benzene rings is 5. The highest BCUT2D eigenvalue weighted by Crippen LogP contribution is 2.31. The Morgan fingerprint density at radius 1 is 0.500 bits per heavy atom. The van der Waals surface area contributed by atoms with Crippen molar-refractivity contribution in [2.24, 2.45) is 0 Å². The van der Waals surface area contributed by atoms with Gasteiger partial charge in [-0.2, -0.15) is 0 Å². The van der Waals surface area contributed by atoms with Gasteiger partial charge in [0.25, 0.3) is 0 Å². The highest BCUT2D eigenvalue weighted by molar-refractivity contribution is 5.88. The average Bonchev–Trinajstić information content (AvgIpc) is 2.75. The van der Waals surface area contributed by atoms with E-state index in [0.717, 1.165) is 28.3 Å². The van der Waals surface area contributed by atoms with E-state index in [1.54, 1.807) is 0 Å². The zero-order valence-corrected chi connectivity index (χ0v) is 15.3. The van der Waals surface area contributed by atoms with Crippen LogP contribution in [0.4, 0.5) is 11.4 Å². The average molecular weight is 361 g/mol. The van der Waals surface area contributed by atoms with Gasteiger partial charge >= 0.3 is 0 Å². The van der Waals surface area contributed by atoms with Gasteiger partial charge in [-0.15, -0.1) is 0 Å². The van der Waals surface area contributed by atoms with Crippen molar-refractivity contribution >= 4 is 32.9 Å². The van der Waals surface area contributed by atoms with Crippen molar-refractivity contribution in [3.8, 4) is 11.5 Å². The Labute approximate surface area is 164 Å². The van der Waals surface area contributed by atoms with Crippen LogP contribution in [0.25, 0.3) is 21.5 Å². The molecule has 2 nitrogen and oxygen atoms in total. The van der Waals surface area contributed by atoms with Crippen LogP contribution in [0.2, 0.25) is 0 Å². The molecule has 0 bridgehead atoms. The molecule has 0 aliphatic heterocycles. The van der Waals surface area contributed by atoms with Gasteiger partial charge in [-0.05, 0) is 58.6 Å². The fourth-order valence-corrected chi connectivity index (χ4v) is 3.45. The van der Waals surface area contributed by atoms with Crippen molar-refractivity contribution in [2.45, 2.75) is 0 Å². The molecule has 0 saturated heterocycles. The summed E-state index contributed by atoms with van der Waals surface area (Å²) in [7, 11) is 0. The summed E-state index contributed by atoms with van der Waals surface area (Å²) in [6.45, 7) is 0. The second kappa shape index (κ2) is 7.09. The van der Waals surface area contributed by atoms with Crippen LogP contribution in [0.3, 0.4) is 0 Å². The SMILES string of the molecule is c1ccc2cc(Nc3ccc(Oc4cccc5ccccc45)cc3)ccc2c1. The predicted octanol–water partition coefficient (Wildman–Crippen LogP) is 7.53. The quantitative estimate of drug-likeness (QED) is 0.357. The normalized spacial score (nSPS) is 10.9. The number of hydrogen-bond acceptors (Lipinski definition) is 2. The van der Waals surface area contributed by atoms with Crippen molar-refractivity contribution < 1.29 is 4.74 Å². The minimum absolute atomic E-state index is 0.820. The molecule has 2 heteroatoms. The molecule has 28 heavy (non-hydrogen) atoms. The van der Waals surface area contributed by atoms with Crippen molar-refractivity contribution in [1.82, 2.24) is 0 Å². The van der Waals surface area contributed by atoms with E-state index in [-0.39, 0.29) is 0 Å². The summed E-state index contributed by atoms with van der Waals surface area (Å²) in [5, 5.41) is 8.22. The molecule has 0 fully saturated rings. The number of fused-ring (bicyclic) bond motifs is 2. The van der Waals surface area contributed by atoms with E-state index >= 15 is 0 Å². The van der Waals surface area contributed by atoms with E-state index < -0.39 is 0 Å². The van der Waals surface area contributed by atoms with Crippen LogP contribution in [0.15, 0.2) is 109 Å². The highest BCUT2D eigenvalue weighted by Gasteiger charge is 2.03. The van der Waals surface area contributed by atoms with E-state index in [4.69, 9.17) is 4.74 Å². The van der Waals surface area contributed by atoms with E-state index in [9.17, 15) is 0 Å². The lowest BCUT2D eigenvalue weighted by molar-refractivity contribution is 0.488. The standard InChI is InChI=1S/C26H19NO/c1-2-8-21-18-23(13-12-19(21)6-1)27-22-14-16-24(17-15-22)28-26-11-5-9-20-7-3-4-10-25(20)26/h1-18,27H. The van der Waals surface area contributed by atoms with Crippen molar-refractivity contribution in [3.63, 3.8) is 0 Å². The van der Waals surface area contributed by atoms with Crippen molar-refractivity contribution in [2.75, 3.05) is 5.32 Å².